The molecule has 4 heteroatoms. The molecule has 0 radical (unpaired) electrons. The van der Waals surface area contributed by atoms with Crippen LogP contribution in [0.4, 0.5) is 0 Å². The molecule has 1 atom stereocenters. The number of thiazole rings is 1. The average molecular weight is 254 g/mol. The molecule has 3 nitrogen and oxygen atoms in total. The minimum atomic E-state index is -0.114. The van der Waals surface area contributed by atoms with Gasteiger partial charge in [0, 0.05) is 17.5 Å². The number of rotatable bonds is 4. The van der Waals surface area contributed by atoms with Crippen molar-refractivity contribution in [3.05, 3.63) is 15.6 Å². The molecule has 1 aliphatic rings. The lowest BCUT2D eigenvalue weighted by Gasteiger charge is -2.26. The molecule has 1 fully saturated rings. The summed E-state index contributed by atoms with van der Waals surface area (Å²) in [6.07, 6.45) is 4.69. The number of hydrogen-bond donors (Lipinski definition) is 1. The van der Waals surface area contributed by atoms with Crippen molar-refractivity contribution in [3.63, 3.8) is 0 Å². The fourth-order valence-electron chi connectivity index (χ4n) is 2.67. The van der Waals surface area contributed by atoms with E-state index in [9.17, 15) is 0 Å². The Kier molecular flexibility index (Phi) is 3.85. The molecule has 2 N–H and O–H groups in total. The second kappa shape index (κ2) is 5.04. The van der Waals surface area contributed by atoms with Crippen LogP contribution in [-0.2, 0) is 10.3 Å². The number of aromatic nitrogens is 1. The molecular formula is C13H22N2OS. The molecule has 1 aromatic heterocycles. The number of hydrogen-bond acceptors (Lipinski definition) is 4. The van der Waals surface area contributed by atoms with Crippen molar-refractivity contribution < 1.29 is 4.74 Å². The molecule has 0 aromatic carbocycles. The Hall–Kier alpha value is -0.450. The maximum atomic E-state index is 6.03. The van der Waals surface area contributed by atoms with Crippen molar-refractivity contribution in [2.24, 2.45) is 5.73 Å². The molecule has 1 saturated carbocycles. The van der Waals surface area contributed by atoms with Crippen LogP contribution in [0.3, 0.4) is 0 Å². The van der Waals surface area contributed by atoms with Crippen molar-refractivity contribution in [2.75, 3.05) is 6.61 Å². The Morgan fingerprint density at radius 3 is 2.59 bits per heavy atom. The summed E-state index contributed by atoms with van der Waals surface area (Å²) in [6.45, 7) is 6.89. The Balaban J connectivity index is 2.33. The van der Waals surface area contributed by atoms with Crippen LogP contribution in [0.2, 0.25) is 0 Å². The third kappa shape index (κ3) is 2.39. The highest BCUT2D eigenvalue weighted by molar-refractivity contribution is 7.12. The lowest BCUT2D eigenvalue weighted by molar-refractivity contribution is -0.0391. The molecule has 96 valence electrons. The Labute approximate surface area is 107 Å². The van der Waals surface area contributed by atoms with E-state index < -0.39 is 0 Å². The Bertz CT molecular complexity index is 381. The highest BCUT2D eigenvalue weighted by Gasteiger charge is 2.39. The van der Waals surface area contributed by atoms with Crippen molar-refractivity contribution in [3.8, 4) is 0 Å². The first kappa shape index (κ1) is 13.0. The minimum Gasteiger partial charge on any atom is -0.368 e. The smallest absolute Gasteiger partial charge is 0.125 e. The van der Waals surface area contributed by atoms with E-state index in [4.69, 9.17) is 15.5 Å². The SMILES string of the molecule is CCOC1(c2nc(C)c(C(C)N)s2)CCCC1. The highest BCUT2D eigenvalue weighted by Crippen LogP contribution is 2.44. The summed E-state index contributed by atoms with van der Waals surface area (Å²) >= 11 is 1.74. The van der Waals surface area contributed by atoms with Crippen molar-refractivity contribution in [1.82, 2.24) is 4.98 Å². The monoisotopic (exact) mass is 254 g/mol. The standard InChI is InChI=1S/C13H22N2OS/c1-4-16-13(7-5-6-8-13)12-15-10(3)11(17-12)9(2)14/h9H,4-8,14H2,1-3H3. The largest absolute Gasteiger partial charge is 0.368 e. The maximum absolute atomic E-state index is 6.03. The van der Waals surface area contributed by atoms with Crippen molar-refractivity contribution >= 4 is 11.3 Å². The van der Waals surface area contributed by atoms with E-state index >= 15 is 0 Å². The maximum Gasteiger partial charge on any atom is 0.125 e. The number of nitrogens with zero attached hydrogens (tertiary/aromatic N) is 1. The van der Waals surface area contributed by atoms with E-state index in [2.05, 4.69) is 6.92 Å². The normalized spacial score (nSPS) is 20.7. The van der Waals surface area contributed by atoms with Crippen LogP contribution in [0, 0.1) is 6.92 Å². The van der Waals surface area contributed by atoms with Gasteiger partial charge in [-0.15, -0.1) is 11.3 Å². The molecule has 0 aliphatic heterocycles. The zero-order valence-electron chi connectivity index (χ0n) is 11.0. The van der Waals surface area contributed by atoms with E-state index in [1.807, 2.05) is 13.8 Å². The third-order valence-corrected chi connectivity index (χ3v) is 5.01. The highest BCUT2D eigenvalue weighted by atomic mass is 32.1. The summed E-state index contributed by atoms with van der Waals surface area (Å²) in [5.74, 6) is 0. The van der Waals surface area contributed by atoms with Crippen molar-refractivity contribution in [1.29, 1.82) is 0 Å². The van der Waals surface area contributed by atoms with Gasteiger partial charge in [-0.25, -0.2) is 4.98 Å². The van der Waals surface area contributed by atoms with Gasteiger partial charge in [-0.3, -0.25) is 0 Å². The fraction of sp³-hybridized carbons (Fsp3) is 0.769. The average Bonchev–Trinajstić information content (AvgIpc) is 2.86. The zero-order chi connectivity index (χ0) is 12.5. The third-order valence-electron chi connectivity index (χ3n) is 3.47. The summed E-state index contributed by atoms with van der Waals surface area (Å²) in [5, 5.41) is 1.14. The van der Waals surface area contributed by atoms with Crippen LogP contribution in [0.5, 0.6) is 0 Å². The van der Waals surface area contributed by atoms with Gasteiger partial charge in [0.05, 0.1) is 5.69 Å². The molecule has 1 heterocycles. The van der Waals surface area contributed by atoms with Crippen LogP contribution < -0.4 is 5.73 Å². The molecule has 2 rings (SSSR count). The van der Waals surface area contributed by atoms with Crippen molar-refractivity contribution in [2.45, 2.75) is 58.1 Å². The predicted octanol–water partition coefficient (Wildman–Crippen LogP) is 3.28. The van der Waals surface area contributed by atoms with Crippen LogP contribution in [-0.4, -0.2) is 11.6 Å². The quantitative estimate of drug-likeness (QED) is 0.897. The lowest BCUT2D eigenvalue weighted by Crippen LogP contribution is -2.25. The molecule has 0 amide bonds. The number of nitrogens with two attached hydrogens (primary N) is 1. The second-order valence-electron chi connectivity index (χ2n) is 4.89. The first-order valence-corrected chi connectivity index (χ1v) is 7.28. The molecule has 1 aromatic rings. The summed E-state index contributed by atoms with van der Waals surface area (Å²) in [7, 11) is 0. The fourth-order valence-corrected chi connectivity index (χ4v) is 3.89. The summed E-state index contributed by atoms with van der Waals surface area (Å²) in [4.78, 5) is 5.92. The summed E-state index contributed by atoms with van der Waals surface area (Å²) < 4.78 is 6.03. The van der Waals surface area contributed by atoms with E-state index in [0.717, 1.165) is 30.2 Å². The van der Waals surface area contributed by atoms with Gasteiger partial charge in [0.25, 0.3) is 0 Å². The molecule has 0 spiro atoms. The van der Waals surface area contributed by atoms with Crippen LogP contribution >= 0.6 is 11.3 Å². The van der Waals surface area contributed by atoms with Gasteiger partial charge < -0.3 is 10.5 Å². The van der Waals surface area contributed by atoms with Gasteiger partial charge >= 0.3 is 0 Å². The van der Waals surface area contributed by atoms with E-state index in [1.54, 1.807) is 11.3 Å². The minimum absolute atomic E-state index is 0.0707. The first-order chi connectivity index (χ1) is 8.09. The van der Waals surface area contributed by atoms with Gasteiger partial charge in [0.15, 0.2) is 0 Å². The van der Waals surface area contributed by atoms with E-state index in [1.165, 1.54) is 17.7 Å². The van der Waals surface area contributed by atoms with Crippen LogP contribution in [0.25, 0.3) is 0 Å². The molecular weight excluding hydrogens is 232 g/mol. The lowest BCUT2D eigenvalue weighted by atomic mass is 10.0. The van der Waals surface area contributed by atoms with Gasteiger partial charge in [0.1, 0.15) is 10.6 Å². The van der Waals surface area contributed by atoms with E-state index in [-0.39, 0.29) is 11.6 Å². The van der Waals surface area contributed by atoms with Crippen LogP contribution in [0.15, 0.2) is 0 Å². The molecule has 0 saturated heterocycles. The number of ether oxygens (including phenoxy) is 1. The molecule has 1 aliphatic carbocycles. The first-order valence-electron chi connectivity index (χ1n) is 6.46. The van der Waals surface area contributed by atoms with Gasteiger partial charge in [0.2, 0.25) is 0 Å². The van der Waals surface area contributed by atoms with Gasteiger partial charge in [-0.2, -0.15) is 0 Å². The Morgan fingerprint density at radius 1 is 1.47 bits per heavy atom. The Morgan fingerprint density at radius 2 is 2.12 bits per heavy atom. The van der Waals surface area contributed by atoms with Gasteiger partial charge in [-0.05, 0) is 33.6 Å². The molecule has 17 heavy (non-hydrogen) atoms. The second-order valence-corrected chi connectivity index (χ2v) is 5.92. The number of aryl methyl sites for hydroxylation is 1. The zero-order valence-corrected chi connectivity index (χ0v) is 11.8. The summed E-state index contributed by atoms with van der Waals surface area (Å²) in [6, 6.07) is 0.0707. The van der Waals surface area contributed by atoms with E-state index in [0.29, 0.717) is 0 Å². The van der Waals surface area contributed by atoms with Gasteiger partial charge in [-0.1, -0.05) is 12.8 Å². The predicted molar refractivity (Wildman–Crippen MR) is 71.2 cm³/mol. The molecule has 1 unspecified atom stereocenters. The topological polar surface area (TPSA) is 48.1 Å². The van der Waals surface area contributed by atoms with Crippen LogP contribution in [0.1, 0.15) is 61.2 Å². The summed E-state index contributed by atoms with van der Waals surface area (Å²) in [5.41, 5.74) is 6.93. The molecule has 0 bridgehead atoms.